The molecule has 68 heavy (non-hydrogen) atoms. The van der Waals surface area contributed by atoms with Crippen LogP contribution in [-0.4, -0.2) is 176 Å². The number of hydrogen-bond donors (Lipinski definition) is 4. The maximum atomic E-state index is 13.3. The van der Waals surface area contributed by atoms with E-state index in [4.69, 9.17) is 18.9 Å². The molecule has 356 valence electrons. The number of benzene rings is 2. The highest BCUT2D eigenvalue weighted by Crippen LogP contribution is 2.41. The van der Waals surface area contributed by atoms with Gasteiger partial charge in [-0.3, -0.25) is 19.4 Å². The zero-order valence-corrected chi connectivity index (χ0v) is 38.2. The van der Waals surface area contributed by atoms with E-state index in [0.29, 0.717) is 58.7 Å². The number of ether oxygens (including phenoxy) is 4. The number of carbonyl (C=O) groups is 2. The first-order valence-electron chi connectivity index (χ1n) is 23.3. The van der Waals surface area contributed by atoms with E-state index in [1.54, 1.807) is 59.8 Å². The van der Waals surface area contributed by atoms with Crippen molar-refractivity contribution < 1.29 is 38.7 Å². The van der Waals surface area contributed by atoms with Crippen LogP contribution < -0.4 is 29.9 Å². The largest absolute Gasteiger partial charge is 0.490 e. The van der Waals surface area contributed by atoms with Gasteiger partial charge in [-0.25, -0.2) is 19.0 Å². The lowest BCUT2D eigenvalue weighted by atomic mass is 9.93. The van der Waals surface area contributed by atoms with Crippen molar-refractivity contribution in [1.29, 1.82) is 0 Å². The minimum atomic E-state index is -0.946. The number of piperazine rings is 2. The molecule has 0 saturated carbocycles. The molecule has 4 fully saturated rings. The molecule has 0 unspecified atom stereocenters. The zero-order chi connectivity index (χ0) is 46.6. The fraction of sp³-hybridized carbons (Fsp3) is 0.458. The Labute approximate surface area is 392 Å². The SMILES string of the molecule is C[C@@]1(O)COc2cc(N3CCN(C4COC4)CC3)c(NC(=O)c3cnn4cccnc34)cc2C1.C[C@]1(O)COc2cc(N3CCN(C4COC4)CC3)c(NC(=O)c3cnn4cccnc34)cc2C1. The molecule has 4 saturated heterocycles. The molecule has 0 bridgehead atoms. The highest BCUT2D eigenvalue weighted by atomic mass is 16.5. The number of anilines is 4. The van der Waals surface area contributed by atoms with E-state index < -0.39 is 11.2 Å². The molecule has 0 spiro atoms. The molecule has 10 heterocycles. The number of aromatic nitrogens is 6. The van der Waals surface area contributed by atoms with Crippen molar-refractivity contribution in [3.8, 4) is 11.5 Å². The van der Waals surface area contributed by atoms with Crippen LogP contribution in [-0.2, 0) is 22.3 Å². The van der Waals surface area contributed by atoms with Gasteiger partial charge in [-0.15, -0.1) is 0 Å². The molecule has 2 amide bonds. The van der Waals surface area contributed by atoms with Gasteiger partial charge in [0.1, 0.15) is 35.8 Å². The van der Waals surface area contributed by atoms with Gasteiger partial charge in [-0.05, 0) is 49.2 Å². The maximum Gasteiger partial charge on any atom is 0.261 e. The van der Waals surface area contributed by atoms with E-state index in [1.807, 2.05) is 24.3 Å². The summed E-state index contributed by atoms with van der Waals surface area (Å²) in [6.07, 6.45) is 10.8. The van der Waals surface area contributed by atoms with Crippen LogP contribution in [0.25, 0.3) is 11.3 Å². The summed E-state index contributed by atoms with van der Waals surface area (Å²) in [5.41, 5.74) is 4.90. The molecular formula is C48H56N12O8. The molecule has 2 atom stereocenters. The summed E-state index contributed by atoms with van der Waals surface area (Å²) < 4.78 is 25.7. The van der Waals surface area contributed by atoms with Crippen LogP contribution >= 0.6 is 0 Å². The molecule has 20 nitrogen and oxygen atoms in total. The summed E-state index contributed by atoms with van der Waals surface area (Å²) >= 11 is 0. The number of amides is 2. The predicted molar refractivity (Wildman–Crippen MR) is 251 cm³/mol. The topological polar surface area (TPSA) is 209 Å². The minimum absolute atomic E-state index is 0.245. The minimum Gasteiger partial charge on any atom is -0.490 e. The monoisotopic (exact) mass is 928 g/mol. The third-order valence-corrected chi connectivity index (χ3v) is 13.7. The number of nitrogens with one attached hydrogen (secondary N) is 2. The van der Waals surface area contributed by atoms with Gasteiger partial charge >= 0.3 is 0 Å². The van der Waals surface area contributed by atoms with Crippen LogP contribution in [0.3, 0.4) is 0 Å². The van der Waals surface area contributed by atoms with Crippen molar-refractivity contribution in [3.63, 3.8) is 0 Å². The number of rotatable bonds is 8. The lowest BCUT2D eigenvalue weighted by Gasteiger charge is -2.43. The Kier molecular flexibility index (Phi) is 11.6. The first-order chi connectivity index (χ1) is 32.9. The average molecular weight is 929 g/mol. The number of fused-ring (bicyclic) bond motifs is 4. The van der Waals surface area contributed by atoms with E-state index in [9.17, 15) is 19.8 Å². The van der Waals surface area contributed by atoms with Gasteiger partial charge in [0.15, 0.2) is 11.3 Å². The summed E-state index contributed by atoms with van der Waals surface area (Å²) in [7, 11) is 0. The summed E-state index contributed by atoms with van der Waals surface area (Å²) in [5.74, 6) is 0.964. The number of carbonyl (C=O) groups excluding carboxylic acids is 2. The Balaban J connectivity index is 0.000000149. The van der Waals surface area contributed by atoms with Gasteiger partial charge in [0.2, 0.25) is 0 Å². The zero-order valence-electron chi connectivity index (χ0n) is 38.2. The number of hydrogen-bond acceptors (Lipinski definition) is 16. The molecule has 12 rings (SSSR count). The Bertz CT molecular complexity index is 2650. The summed E-state index contributed by atoms with van der Waals surface area (Å²) in [6, 6.07) is 12.4. The van der Waals surface area contributed by atoms with Crippen LogP contribution in [0.1, 0.15) is 45.7 Å². The first kappa shape index (κ1) is 44.1. The molecule has 4 N–H and O–H groups in total. The molecule has 0 aliphatic carbocycles. The van der Waals surface area contributed by atoms with Gasteiger partial charge in [0.25, 0.3) is 11.8 Å². The van der Waals surface area contributed by atoms with Crippen molar-refractivity contribution in [2.24, 2.45) is 0 Å². The van der Waals surface area contributed by atoms with Crippen molar-refractivity contribution >= 4 is 45.9 Å². The van der Waals surface area contributed by atoms with E-state index in [1.165, 1.54) is 12.4 Å². The van der Waals surface area contributed by atoms with Gasteiger partial charge in [0, 0.05) is 102 Å². The number of nitrogens with zero attached hydrogens (tertiary/aromatic N) is 10. The average Bonchev–Trinajstić information content (AvgIpc) is 3.93. The third kappa shape index (κ3) is 8.90. The molecular weight excluding hydrogens is 873 g/mol. The van der Waals surface area contributed by atoms with E-state index in [2.05, 4.69) is 50.4 Å². The second-order valence-corrected chi connectivity index (χ2v) is 19.1. The van der Waals surface area contributed by atoms with Crippen molar-refractivity contribution in [1.82, 2.24) is 39.0 Å². The quantitative estimate of drug-likeness (QED) is 0.173. The second kappa shape index (κ2) is 17.9. The lowest BCUT2D eigenvalue weighted by Crippen LogP contribution is -2.56. The van der Waals surface area contributed by atoms with E-state index >= 15 is 0 Å². The first-order valence-corrected chi connectivity index (χ1v) is 23.3. The predicted octanol–water partition coefficient (Wildman–Crippen LogP) is 2.38. The highest BCUT2D eigenvalue weighted by molar-refractivity contribution is 6.10. The summed E-state index contributed by atoms with van der Waals surface area (Å²) in [4.78, 5) is 44.7. The summed E-state index contributed by atoms with van der Waals surface area (Å²) in [6.45, 7) is 14.3. The van der Waals surface area contributed by atoms with Gasteiger partial charge in [0.05, 0.1) is 84.9 Å². The second-order valence-electron chi connectivity index (χ2n) is 19.1. The highest BCUT2D eigenvalue weighted by Gasteiger charge is 2.35. The van der Waals surface area contributed by atoms with Gasteiger partial charge < -0.3 is 49.6 Å². The fourth-order valence-electron chi connectivity index (χ4n) is 9.76. The maximum absolute atomic E-state index is 13.3. The fourth-order valence-corrected chi connectivity index (χ4v) is 9.76. The molecule has 6 aromatic rings. The molecule has 20 heteroatoms. The Morgan fingerprint density at radius 1 is 0.618 bits per heavy atom. The van der Waals surface area contributed by atoms with E-state index in [0.717, 1.165) is 113 Å². The Hall–Kier alpha value is -6.42. The molecule has 6 aliphatic rings. The van der Waals surface area contributed by atoms with Crippen LogP contribution in [0.15, 0.2) is 73.6 Å². The molecule has 0 radical (unpaired) electrons. The lowest BCUT2D eigenvalue weighted by molar-refractivity contribution is -0.0660. The summed E-state index contributed by atoms with van der Waals surface area (Å²) in [5, 5.41) is 35.7. The van der Waals surface area contributed by atoms with Crippen LogP contribution in [0.4, 0.5) is 22.7 Å². The smallest absolute Gasteiger partial charge is 0.261 e. The van der Waals surface area contributed by atoms with Gasteiger partial charge in [-0.2, -0.15) is 10.2 Å². The molecule has 6 aliphatic heterocycles. The van der Waals surface area contributed by atoms with Crippen molar-refractivity contribution in [3.05, 3.63) is 95.8 Å². The Morgan fingerprint density at radius 2 is 1.03 bits per heavy atom. The molecule has 4 aromatic heterocycles. The van der Waals surface area contributed by atoms with Crippen molar-refractivity contribution in [2.45, 2.75) is 50.0 Å². The van der Waals surface area contributed by atoms with E-state index in [-0.39, 0.29) is 25.0 Å². The van der Waals surface area contributed by atoms with Gasteiger partial charge in [-0.1, -0.05) is 0 Å². The number of aliphatic hydroxyl groups is 2. The van der Waals surface area contributed by atoms with Crippen LogP contribution in [0.2, 0.25) is 0 Å². The molecule has 2 aromatic carbocycles. The third-order valence-electron chi connectivity index (χ3n) is 13.7. The van der Waals surface area contributed by atoms with Crippen LogP contribution in [0, 0.1) is 0 Å². The Morgan fingerprint density at radius 3 is 1.41 bits per heavy atom. The van der Waals surface area contributed by atoms with Crippen molar-refractivity contribution in [2.75, 3.05) is 112 Å². The standard InChI is InChI=1S/2C24H28N6O4/c2*1-24(32)11-16-9-19(27-23(31)18-12-26-30-4-2-3-25-22(18)30)20(10-21(16)34-15-24)29-7-5-28(6-8-29)17-13-33-14-17/h2*2-4,9-10,12,17,32H,5-8,11,13-15H2,1H3,(H,27,31)/t2*24-/m10/s1. The van der Waals surface area contributed by atoms with Crippen LogP contribution in [0.5, 0.6) is 11.5 Å². The normalized spacial score (nSPS) is 23.3.